The van der Waals surface area contributed by atoms with Gasteiger partial charge in [-0.25, -0.2) is 4.98 Å². The molecule has 3 aromatic rings. The van der Waals surface area contributed by atoms with Crippen molar-refractivity contribution in [3.05, 3.63) is 71.1 Å². The van der Waals surface area contributed by atoms with Crippen LogP contribution in [0.3, 0.4) is 0 Å². The summed E-state index contributed by atoms with van der Waals surface area (Å²) in [6.45, 7) is 7.93. The Morgan fingerprint density at radius 3 is 2.39 bits per heavy atom. The Morgan fingerprint density at radius 2 is 1.70 bits per heavy atom. The van der Waals surface area contributed by atoms with Crippen molar-refractivity contribution in [2.45, 2.75) is 50.2 Å². The molecule has 174 valence electrons. The third kappa shape index (κ3) is 6.71. The van der Waals surface area contributed by atoms with Crippen molar-refractivity contribution in [1.29, 1.82) is 0 Å². The minimum Gasteiger partial charge on any atom is -0.441 e. The van der Waals surface area contributed by atoms with Gasteiger partial charge in [-0.1, -0.05) is 30.5 Å². The summed E-state index contributed by atoms with van der Waals surface area (Å²) < 4.78 is 5.92. The average Bonchev–Trinajstić information content (AvgIpc) is 3.02. The number of carbonyl (C=O) groups is 1. The molecule has 33 heavy (non-hydrogen) atoms. The molecule has 2 heterocycles. The third-order valence-corrected chi connectivity index (χ3v) is 7.12. The monoisotopic (exact) mass is 463 g/mol. The predicted octanol–water partition coefficient (Wildman–Crippen LogP) is 5.86. The summed E-state index contributed by atoms with van der Waals surface area (Å²) in [5.74, 6) is 2.16. The first-order valence-corrected chi connectivity index (χ1v) is 12.8. The van der Waals surface area contributed by atoms with E-state index in [-0.39, 0.29) is 5.91 Å². The molecule has 4 rings (SSSR count). The van der Waals surface area contributed by atoms with Crippen LogP contribution in [0.25, 0.3) is 11.5 Å². The zero-order valence-electron chi connectivity index (χ0n) is 19.6. The molecule has 0 aliphatic carbocycles. The maximum absolute atomic E-state index is 12.5. The highest BCUT2D eigenvalue weighted by molar-refractivity contribution is 7.98. The summed E-state index contributed by atoms with van der Waals surface area (Å²) in [6.07, 6.45) is 5.18. The lowest BCUT2D eigenvalue weighted by molar-refractivity contribution is 0.0948. The highest BCUT2D eigenvalue weighted by Gasteiger charge is 2.14. The molecule has 0 spiro atoms. The molecule has 0 saturated carbocycles. The van der Waals surface area contributed by atoms with Gasteiger partial charge >= 0.3 is 0 Å². The summed E-state index contributed by atoms with van der Waals surface area (Å²) in [4.78, 5) is 20.9. The zero-order valence-corrected chi connectivity index (χ0v) is 20.4. The number of hydrogen-bond acceptors (Lipinski definition) is 5. The second-order valence-electron chi connectivity index (χ2n) is 8.71. The van der Waals surface area contributed by atoms with E-state index in [1.807, 2.05) is 31.2 Å². The molecule has 1 N–H and O–H groups in total. The Balaban J connectivity index is 1.30. The number of aryl methyl sites for hydroxylation is 2. The van der Waals surface area contributed by atoms with Gasteiger partial charge in [-0.2, -0.15) is 0 Å². The van der Waals surface area contributed by atoms with Crippen LogP contribution >= 0.6 is 11.8 Å². The van der Waals surface area contributed by atoms with Gasteiger partial charge in [0, 0.05) is 34.9 Å². The SMILES string of the molecule is Cc1ccc(SCc2nc(-c3ccc(C(=O)NCCN4CCCCCC4)cc3)oc2C)cc1. The first kappa shape index (κ1) is 23.6. The van der Waals surface area contributed by atoms with Gasteiger partial charge in [0.05, 0.1) is 5.69 Å². The van der Waals surface area contributed by atoms with Crippen molar-refractivity contribution in [2.24, 2.45) is 0 Å². The molecule has 1 amide bonds. The van der Waals surface area contributed by atoms with Gasteiger partial charge in [0.25, 0.3) is 5.91 Å². The smallest absolute Gasteiger partial charge is 0.251 e. The van der Waals surface area contributed by atoms with Gasteiger partial charge in [-0.3, -0.25) is 4.79 Å². The van der Waals surface area contributed by atoms with E-state index in [2.05, 4.69) is 41.4 Å². The van der Waals surface area contributed by atoms with Crippen LogP contribution in [0.15, 0.2) is 57.8 Å². The minimum absolute atomic E-state index is 0.0323. The first-order chi connectivity index (χ1) is 16.1. The van der Waals surface area contributed by atoms with Crippen molar-refractivity contribution in [2.75, 3.05) is 26.2 Å². The third-order valence-electron chi connectivity index (χ3n) is 6.10. The van der Waals surface area contributed by atoms with E-state index in [0.717, 1.165) is 42.4 Å². The molecule has 0 bridgehead atoms. The van der Waals surface area contributed by atoms with Crippen molar-refractivity contribution >= 4 is 17.7 Å². The Labute approximate surface area is 201 Å². The van der Waals surface area contributed by atoms with Gasteiger partial charge in [0.1, 0.15) is 5.76 Å². The predicted molar refractivity (Wildman–Crippen MR) is 135 cm³/mol. The number of likely N-dealkylation sites (tertiary alicyclic amines) is 1. The molecule has 6 heteroatoms. The topological polar surface area (TPSA) is 58.4 Å². The number of amides is 1. The molecule has 0 unspecified atom stereocenters. The van der Waals surface area contributed by atoms with Crippen molar-refractivity contribution in [3.8, 4) is 11.5 Å². The molecular formula is C27H33N3O2S. The van der Waals surface area contributed by atoms with Crippen molar-refractivity contribution in [1.82, 2.24) is 15.2 Å². The lowest BCUT2D eigenvalue weighted by Gasteiger charge is -2.19. The number of nitrogens with zero attached hydrogens (tertiary/aromatic N) is 2. The van der Waals surface area contributed by atoms with Crippen LogP contribution in [-0.4, -0.2) is 42.0 Å². The van der Waals surface area contributed by atoms with E-state index in [1.165, 1.54) is 36.1 Å². The second-order valence-corrected chi connectivity index (χ2v) is 9.76. The molecule has 0 atom stereocenters. The Bertz CT molecular complexity index is 1040. The van der Waals surface area contributed by atoms with E-state index in [9.17, 15) is 4.79 Å². The van der Waals surface area contributed by atoms with Crippen LogP contribution in [-0.2, 0) is 5.75 Å². The van der Waals surface area contributed by atoms with E-state index in [4.69, 9.17) is 9.40 Å². The summed E-state index contributed by atoms with van der Waals surface area (Å²) >= 11 is 1.75. The largest absolute Gasteiger partial charge is 0.441 e. The number of thioether (sulfide) groups is 1. The van der Waals surface area contributed by atoms with Crippen LogP contribution in [0.1, 0.15) is 53.1 Å². The fourth-order valence-corrected chi connectivity index (χ4v) is 4.92. The zero-order chi connectivity index (χ0) is 23.0. The number of hydrogen-bond donors (Lipinski definition) is 1. The summed E-state index contributed by atoms with van der Waals surface area (Å²) in [7, 11) is 0. The number of benzene rings is 2. The normalized spacial score (nSPS) is 14.7. The quantitative estimate of drug-likeness (QED) is 0.424. The van der Waals surface area contributed by atoms with Crippen molar-refractivity contribution < 1.29 is 9.21 Å². The molecule has 1 aromatic heterocycles. The van der Waals surface area contributed by atoms with E-state index in [0.29, 0.717) is 18.0 Å². The minimum atomic E-state index is -0.0323. The van der Waals surface area contributed by atoms with Crippen LogP contribution in [0.4, 0.5) is 0 Å². The second kappa shape index (κ2) is 11.5. The van der Waals surface area contributed by atoms with Crippen LogP contribution < -0.4 is 5.32 Å². The Kier molecular flexibility index (Phi) is 8.24. The van der Waals surface area contributed by atoms with Gasteiger partial charge in [0.2, 0.25) is 5.89 Å². The maximum Gasteiger partial charge on any atom is 0.251 e. The molecular weight excluding hydrogens is 430 g/mol. The van der Waals surface area contributed by atoms with E-state index >= 15 is 0 Å². The number of oxazole rings is 1. The molecule has 5 nitrogen and oxygen atoms in total. The van der Waals surface area contributed by atoms with Crippen molar-refractivity contribution in [3.63, 3.8) is 0 Å². The van der Waals surface area contributed by atoms with Crippen LogP contribution in [0, 0.1) is 13.8 Å². The van der Waals surface area contributed by atoms with Gasteiger partial charge in [-0.05, 0) is 76.2 Å². The maximum atomic E-state index is 12.5. The standard InChI is InChI=1S/C27H33N3O2S/c1-20-7-13-24(14-8-20)33-19-25-21(2)32-27(29-25)23-11-9-22(10-12-23)26(31)28-15-18-30-16-5-3-4-6-17-30/h7-14H,3-6,15-19H2,1-2H3,(H,28,31). The molecule has 1 saturated heterocycles. The molecule has 0 radical (unpaired) electrons. The number of carbonyl (C=O) groups excluding carboxylic acids is 1. The van der Waals surface area contributed by atoms with Gasteiger partial charge in [-0.15, -0.1) is 11.8 Å². The van der Waals surface area contributed by atoms with Crippen LogP contribution in [0.5, 0.6) is 0 Å². The number of aromatic nitrogens is 1. The van der Waals surface area contributed by atoms with E-state index in [1.54, 1.807) is 11.8 Å². The first-order valence-electron chi connectivity index (χ1n) is 11.9. The highest BCUT2D eigenvalue weighted by atomic mass is 32.2. The Morgan fingerprint density at radius 1 is 1.00 bits per heavy atom. The lowest BCUT2D eigenvalue weighted by atomic mass is 10.1. The fraction of sp³-hybridized carbons (Fsp3) is 0.407. The molecule has 1 aliphatic rings. The van der Waals surface area contributed by atoms with E-state index < -0.39 is 0 Å². The molecule has 1 fully saturated rings. The number of rotatable bonds is 8. The van der Waals surface area contributed by atoms with Crippen LogP contribution in [0.2, 0.25) is 0 Å². The van der Waals surface area contributed by atoms with Gasteiger partial charge in [0.15, 0.2) is 0 Å². The highest BCUT2D eigenvalue weighted by Crippen LogP contribution is 2.28. The molecule has 2 aromatic carbocycles. The summed E-state index contributed by atoms with van der Waals surface area (Å²) in [5.41, 5.74) is 3.75. The molecule has 1 aliphatic heterocycles. The lowest BCUT2D eigenvalue weighted by Crippen LogP contribution is -2.35. The number of nitrogens with one attached hydrogen (secondary N) is 1. The summed E-state index contributed by atoms with van der Waals surface area (Å²) in [5, 5.41) is 3.05. The van der Waals surface area contributed by atoms with Gasteiger partial charge < -0.3 is 14.6 Å². The average molecular weight is 464 g/mol. The Hall–Kier alpha value is -2.57. The fourth-order valence-electron chi connectivity index (χ4n) is 4.03. The summed E-state index contributed by atoms with van der Waals surface area (Å²) in [6, 6.07) is 16.0.